The van der Waals surface area contributed by atoms with Crippen LogP contribution in [-0.4, -0.2) is 31.8 Å². The third kappa shape index (κ3) is 2.43. The van der Waals surface area contributed by atoms with Gasteiger partial charge in [-0.15, -0.1) is 3.33 Å². The average Bonchev–Trinajstić information content (AvgIpc) is 2.55. The maximum atomic E-state index is 12.4. The van der Waals surface area contributed by atoms with Gasteiger partial charge in [0.25, 0.3) is 0 Å². The molecule has 0 N–H and O–H groups in total. The number of nitrogens with zero attached hydrogens (tertiary/aromatic N) is 3. The van der Waals surface area contributed by atoms with Crippen molar-refractivity contribution in [2.24, 2.45) is 21.8 Å². The number of ether oxygens (including phenoxy) is 1. The van der Waals surface area contributed by atoms with E-state index in [9.17, 15) is 4.79 Å². The molecule has 2 rings (SSSR count). The first-order valence-electron chi connectivity index (χ1n) is 7.37. The minimum absolute atomic E-state index is 0.0423. The van der Waals surface area contributed by atoms with E-state index in [0.717, 1.165) is 5.71 Å². The largest absolute Gasteiger partial charge is 0.439 e. The van der Waals surface area contributed by atoms with Crippen molar-refractivity contribution < 1.29 is 9.53 Å². The van der Waals surface area contributed by atoms with Gasteiger partial charge in [0.2, 0.25) is 0 Å². The van der Waals surface area contributed by atoms with Crippen LogP contribution in [0.5, 0.6) is 0 Å². The number of carbonyl (C=O) groups is 1. The van der Waals surface area contributed by atoms with Crippen LogP contribution in [0.3, 0.4) is 0 Å². The summed E-state index contributed by atoms with van der Waals surface area (Å²) >= 11 is 2.07. The number of amides is 1. The first-order valence-corrected chi connectivity index (χ1v) is 8.34. The Morgan fingerprint density at radius 1 is 1.24 bits per heavy atom. The maximum Gasteiger partial charge on any atom is 0.431 e. The number of cyclic esters (lactones) is 1. The predicted molar refractivity (Wildman–Crippen MR) is 91.9 cm³/mol. The maximum absolute atomic E-state index is 12.4. The van der Waals surface area contributed by atoms with E-state index in [2.05, 4.69) is 76.4 Å². The Morgan fingerprint density at radius 3 is 2.19 bits per heavy atom. The van der Waals surface area contributed by atoms with E-state index < -0.39 is 5.60 Å². The number of hydrazone groups is 1. The number of rotatable bonds is 0. The zero-order valence-electron chi connectivity index (χ0n) is 14.2. The van der Waals surface area contributed by atoms with Gasteiger partial charge in [0, 0.05) is 16.7 Å². The van der Waals surface area contributed by atoms with Crippen molar-refractivity contribution in [3.63, 3.8) is 0 Å². The minimum atomic E-state index is -0.556. The van der Waals surface area contributed by atoms with Crippen molar-refractivity contribution in [2.45, 2.75) is 67.0 Å². The Bertz CT molecular complexity index is 492. The van der Waals surface area contributed by atoms with Crippen molar-refractivity contribution in [3.05, 3.63) is 0 Å². The number of fused-ring (bicyclic) bond motifs is 1. The van der Waals surface area contributed by atoms with Gasteiger partial charge in [-0.1, -0.05) is 48.5 Å². The van der Waals surface area contributed by atoms with Gasteiger partial charge in [0.05, 0.1) is 5.71 Å². The van der Waals surface area contributed by atoms with Crippen molar-refractivity contribution >= 4 is 34.7 Å². The van der Waals surface area contributed by atoms with Gasteiger partial charge in [-0.25, -0.2) is 4.79 Å². The van der Waals surface area contributed by atoms with Crippen LogP contribution >= 0.6 is 22.9 Å². The molecule has 21 heavy (non-hydrogen) atoms. The van der Waals surface area contributed by atoms with Crippen LogP contribution in [0.4, 0.5) is 4.79 Å². The van der Waals surface area contributed by atoms with Gasteiger partial charge < -0.3 is 4.74 Å². The zero-order chi connectivity index (χ0) is 16.4. The number of hydrogen-bond donors (Lipinski definition) is 0. The summed E-state index contributed by atoms with van der Waals surface area (Å²) in [7, 11) is 0. The molecule has 2 heterocycles. The molecule has 0 aliphatic carbocycles. The van der Waals surface area contributed by atoms with E-state index in [-0.39, 0.29) is 28.9 Å². The molecular weight excluding hydrogens is 381 g/mol. The van der Waals surface area contributed by atoms with Crippen LogP contribution < -0.4 is 0 Å². The summed E-state index contributed by atoms with van der Waals surface area (Å²) in [5.41, 5.74) is 0.347. The third-order valence-electron chi connectivity index (χ3n) is 4.84. The average molecular weight is 407 g/mol. The summed E-state index contributed by atoms with van der Waals surface area (Å²) in [6.45, 7) is 17.0. The van der Waals surface area contributed by atoms with Crippen molar-refractivity contribution in [2.75, 3.05) is 0 Å². The van der Waals surface area contributed by atoms with E-state index in [4.69, 9.17) is 4.74 Å². The summed E-state index contributed by atoms with van der Waals surface area (Å²) in [6, 6.07) is -0.0476. The van der Waals surface area contributed by atoms with Gasteiger partial charge in [-0.2, -0.15) is 10.1 Å². The molecule has 2 aliphatic heterocycles. The van der Waals surface area contributed by atoms with Crippen molar-refractivity contribution in [1.82, 2.24) is 8.34 Å². The van der Waals surface area contributed by atoms with E-state index in [1.54, 1.807) is 8.34 Å². The van der Waals surface area contributed by atoms with Gasteiger partial charge >= 0.3 is 6.09 Å². The SMILES string of the molecule is C[C@H]1C(C(C)(C)C)=NN(I)N2C(=O)O[C@](C)(C(C)(C)C)C12. The van der Waals surface area contributed by atoms with Gasteiger partial charge in [-0.05, 0) is 6.92 Å². The lowest BCUT2D eigenvalue weighted by Crippen LogP contribution is -2.61. The fourth-order valence-corrected chi connectivity index (χ4v) is 3.98. The fraction of sp³-hybridized carbons (Fsp3) is 0.867. The minimum Gasteiger partial charge on any atom is -0.439 e. The van der Waals surface area contributed by atoms with Crippen molar-refractivity contribution in [3.8, 4) is 0 Å². The molecule has 0 aromatic heterocycles. The molecular formula is C15H26IN3O2. The molecule has 1 saturated heterocycles. The molecule has 0 aromatic rings. The number of carbonyl (C=O) groups excluding carboxylic acids is 1. The standard InChI is InChI=1S/C15H26IN3O2/c1-9-10(13(2,3)4)17-19(16)18-11(9)15(8,14(5,6)7)21-12(18)20/h9,11H,1-8H3/t9-,11?,15-/m0/s1. The molecule has 0 aromatic carbocycles. The van der Waals surface area contributed by atoms with Crippen molar-refractivity contribution in [1.29, 1.82) is 0 Å². The van der Waals surface area contributed by atoms with Crippen LogP contribution in [0.1, 0.15) is 55.4 Å². The Morgan fingerprint density at radius 2 is 1.76 bits per heavy atom. The fourth-order valence-electron chi connectivity index (χ4n) is 3.30. The summed E-state index contributed by atoms with van der Waals surface area (Å²) in [5.74, 6) is 0.145. The molecule has 0 radical (unpaired) electrons. The summed E-state index contributed by atoms with van der Waals surface area (Å²) in [4.78, 5) is 12.4. The lowest BCUT2D eigenvalue weighted by atomic mass is 9.67. The molecule has 0 bridgehead atoms. The summed E-state index contributed by atoms with van der Waals surface area (Å²) in [5, 5.41) is 6.30. The predicted octanol–water partition coefficient (Wildman–Crippen LogP) is 4.23. The van der Waals surface area contributed by atoms with Crippen LogP contribution in [-0.2, 0) is 4.74 Å². The lowest BCUT2D eigenvalue weighted by Gasteiger charge is -2.48. The summed E-state index contributed by atoms with van der Waals surface area (Å²) in [6.07, 6.45) is -0.310. The molecule has 1 fully saturated rings. The molecule has 3 atom stereocenters. The van der Waals surface area contributed by atoms with Crippen LogP contribution in [0.2, 0.25) is 0 Å². The Labute approximate surface area is 141 Å². The highest BCUT2D eigenvalue weighted by Crippen LogP contribution is 2.49. The normalized spacial score (nSPS) is 33.8. The van der Waals surface area contributed by atoms with Crippen LogP contribution in [0.25, 0.3) is 0 Å². The second kappa shape index (κ2) is 4.73. The molecule has 1 unspecified atom stereocenters. The number of halogens is 1. The highest BCUT2D eigenvalue weighted by Gasteiger charge is 2.63. The number of hydrazine groups is 1. The first kappa shape index (κ1) is 16.8. The Kier molecular flexibility index (Phi) is 3.79. The highest BCUT2D eigenvalue weighted by molar-refractivity contribution is 14.1. The molecule has 5 nitrogen and oxygen atoms in total. The van der Waals surface area contributed by atoms with Crippen LogP contribution in [0.15, 0.2) is 5.10 Å². The highest BCUT2D eigenvalue weighted by atomic mass is 127. The van der Waals surface area contributed by atoms with Gasteiger partial charge in [0.15, 0.2) is 0 Å². The zero-order valence-corrected chi connectivity index (χ0v) is 16.3. The van der Waals surface area contributed by atoms with Crippen LogP contribution in [0, 0.1) is 16.7 Å². The van der Waals surface area contributed by atoms with E-state index in [1.165, 1.54) is 0 Å². The van der Waals surface area contributed by atoms with E-state index >= 15 is 0 Å². The van der Waals surface area contributed by atoms with Gasteiger partial charge in [0.1, 0.15) is 34.5 Å². The lowest BCUT2D eigenvalue weighted by molar-refractivity contribution is -0.0576. The molecule has 1 amide bonds. The van der Waals surface area contributed by atoms with E-state index in [0.29, 0.717) is 0 Å². The Balaban J connectivity index is 2.56. The second-order valence-corrected chi connectivity index (χ2v) is 9.14. The first-order chi connectivity index (χ1) is 9.30. The molecule has 120 valence electrons. The molecule has 2 aliphatic rings. The molecule has 0 saturated carbocycles. The summed E-state index contributed by atoms with van der Waals surface area (Å²) < 4.78 is 7.46. The smallest absolute Gasteiger partial charge is 0.431 e. The number of hydrogen-bond acceptors (Lipinski definition) is 4. The van der Waals surface area contributed by atoms with Gasteiger partial charge in [-0.3, -0.25) is 0 Å². The molecule has 6 heteroatoms. The monoisotopic (exact) mass is 407 g/mol. The quantitative estimate of drug-likeness (QED) is 0.446. The topological polar surface area (TPSA) is 45.1 Å². The third-order valence-corrected chi connectivity index (χ3v) is 5.53. The second-order valence-electron chi connectivity index (χ2n) is 8.28. The molecule has 0 spiro atoms. The Hall–Kier alpha value is -0.530. The van der Waals surface area contributed by atoms with E-state index in [1.807, 2.05) is 6.92 Å².